The molecule has 116 valence electrons. The number of carbonyl (C=O) groups excluding carboxylic acids is 1. The summed E-state index contributed by atoms with van der Waals surface area (Å²) in [5.74, 6) is -0.885. The Morgan fingerprint density at radius 2 is 2.14 bits per heavy atom. The molecule has 1 saturated heterocycles. The minimum absolute atomic E-state index is 0.120. The molecule has 1 heterocycles. The number of hydrogen-bond donors (Lipinski definition) is 1. The highest BCUT2D eigenvalue weighted by molar-refractivity contribution is 5.96. The Hall–Kier alpha value is -1.78. The molecule has 2 unspecified atom stereocenters. The predicted molar refractivity (Wildman–Crippen MR) is 82.0 cm³/mol. The van der Waals surface area contributed by atoms with Crippen LogP contribution in [0.5, 0.6) is 0 Å². The van der Waals surface area contributed by atoms with Gasteiger partial charge in [0.1, 0.15) is 5.82 Å². The Labute approximate surface area is 125 Å². The van der Waals surface area contributed by atoms with Crippen LogP contribution in [-0.4, -0.2) is 24.7 Å². The first-order valence-corrected chi connectivity index (χ1v) is 7.54. The second-order valence-electron chi connectivity index (χ2n) is 5.51. The van der Waals surface area contributed by atoms with Crippen molar-refractivity contribution in [3.63, 3.8) is 0 Å². The van der Waals surface area contributed by atoms with Gasteiger partial charge < -0.3 is 15.4 Å². The lowest BCUT2D eigenvalue weighted by molar-refractivity contribution is 0.0527. The number of benzene rings is 1. The van der Waals surface area contributed by atoms with E-state index < -0.39 is 5.97 Å². The number of hydrogen-bond acceptors (Lipinski definition) is 4. The zero-order chi connectivity index (χ0) is 15.6. The molecule has 0 saturated carbocycles. The highest BCUT2D eigenvalue weighted by atomic mass is 19.1. The topological polar surface area (TPSA) is 55.6 Å². The molecule has 0 bridgehead atoms. The third kappa shape index (κ3) is 2.96. The summed E-state index contributed by atoms with van der Waals surface area (Å²) in [4.78, 5) is 14.0. The number of nitrogen functional groups attached to an aromatic ring is 1. The van der Waals surface area contributed by atoms with Gasteiger partial charge in [-0.05, 0) is 45.2 Å². The summed E-state index contributed by atoms with van der Waals surface area (Å²) < 4.78 is 19.3. The number of rotatable bonds is 4. The van der Waals surface area contributed by atoms with Crippen LogP contribution in [0, 0.1) is 5.82 Å². The fourth-order valence-electron chi connectivity index (χ4n) is 3.07. The summed E-state index contributed by atoms with van der Waals surface area (Å²) in [5, 5.41) is 0. The van der Waals surface area contributed by atoms with Crippen LogP contribution in [0.2, 0.25) is 0 Å². The average Bonchev–Trinajstić information content (AvgIpc) is 2.80. The molecule has 0 spiro atoms. The predicted octanol–water partition coefficient (Wildman–Crippen LogP) is 3.35. The van der Waals surface area contributed by atoms with Crippen molar-refractivity contribution in [1.29, 1.82) is 0 Å². The van der Waals surface area contributed by atoms with Crippen molar-refractivity contribution in [3.05, 3.63) is 23.5 Å². The van der Waals surface area contributed by atoms with Crippen molar-refractivity contribution >= 4 is 17.3 Å². The Morgan fingerprint density at radius 1 is 1.43 bits per heavy atom. The molecule has 2 N–H and O–H groups in total. The van der Waals surface area contributed by atoms with E-state index >= 15 is 0 Å². The first kappa shape index (κ1) is 15.6. The van der Waals surface area contributed by atoms with E-state index in [0.717, 1.165) is 19.3 Å². The maximum absolute atomic E-state index is 14.3. The van der Waals surface area contributed by atoms with Gasteiger partial charge in [-0.3, -0.25) is 0 Å². The van der Waals surface area contributed by atoms with Gasteiger partial charge in [0, 0.05) is 17.8 Å². The molecule has 1 aliphatic rings. The summed E-state index contributed by atoms with van der Waals surface area (Å²) in [5.41, 5.74) is 6.57. The van der Waals surface area contributed by atoms with E-state index in [1.165, 1.54) is 12.1 Å². The van der Waals surface area contributed by atoms with Crippen LogP contribution >= 0.6 is 0 Å². The Morgan fingerprint density at radius 3 is 2.76 bits per heavy atom. The molecule has 1 aromatic carbocycles. The summed E-state index contributed by atoms with van der Waals surface area (Å²) in [6, 6.07) is 3.31. The monoisotopic (exact) mass is 294 g/mol. The van der Waals surface area contributed by atoms with Crippen LogP contribution in [0.15, 0.2) is 12.1 Å². The smallest absolute Gasteiger partial charge is 0.340 e. The summed E-state index contributed by atoms with van der Waals surface area (Å²) in [7, 11) is 0. The molecule has 0 aromatic heterocycles. The van der Waals surface area contributed by atoms with E-state index in [2.05, 4.69) is 18.7 Å². The van der Waals surface area contributed by atoms with E-state index in [1.54, 1.807) is 6.92 Å². The molecule has 0 radical (unpaired) electrons. The van der Waals surface area contributed by atoms with Gasteiger partial charge in [-0.15, -0.1) is 0 Å². The second kappa shape index (κ2) is 6.33. The normalized spacial score (nSPS) is 21.6. The van der Waals surface area contributed by atoms with Crippen LogP contribution in [0.1, 0.15) is 50.4 Å². The van der Waals surface area contributed by atoms with Crippen molar-refractivity contribution in [3.8, 4) is 0 Å². The molecule has 2 rings (SSSR count). The quantitative estimate of drug-likeness (QED) is 0.683. The molecule has 1 aromatic rings. The Kier molecular flexibility index (Phi) is 4.70. The molecule has 1 aliphatic heterocycles. The van der Waals surface area contributed by atoms with Gasteiger partial charge in [0.25, 0.3) is 0 Å². The molecular weight excluding hydrogens is 271 g/mol. The lowest BCUT2D eigenvalue weighted by Crippen LogP contribution is -2.35. The molecule has 0 aliphatic carbocycles. The molecule has 0 amide bonds. The number of anilines is 2. The van der Waals surface area contributed by atoms with Crippen LogP contribution in [0.3, 0.4) is 0 Å². The molecular formula is C16H23FN2O2. The summed E-state index contributed by atoms with van der Waals surface area (Å²) >= 11 is 0. The van der Waals surface area contributed by atoms with E-state index in [1.807, 2.05) is 0 Å². The zero-order valence-electron chi connectivity index (χ0n) is 12.9. The van der Waals surface area contributed by atoms with Crippen molar-refractivity contribution in [1.82, 2.24) is 0 Å². The molecule has 4 nitrogen and oxygen atoms in total. The van der Waals surface area contributed by atoms with Crippen molar-refractivity contribution < 1.29 is 13.9 Å². The first-order chi connectivity index (χ1) is 9.99. The fraction of sp³-hybridized carbons (Fsp3) is 0.562. The lowest BCUT2D eigenvalue weighted by atomic mass is 10.1. The zero-order valence-corrected chi connectivity index (χ0v) is 12.9. The standard InChI is InChI=1S/C16H23FN2O2/c1-4-11-7-6-10(3)19(11)15-8-12(16(20)21-5-2)14(18)9-13(15)17/h8-11H,4-7,18H2,1-3H3. The summed E-state index contributed by atoms with van der Waals surface area (Å²) in [6.45, 7) is 6.17. The fourth-order valence-corrected chi connectivity index (χ4v) is 3.07. The van der Waals surface area contributed by atoms with Gasteiger partial charge in [-0.2, -0.15) is 0 Å². The average molecular weight is 294 g/mol. The molecule has 5 heteroatoms. The van der Waals surface area contributed by atoms with Gasteiger partial charge in [0.2, 0.25) is 0 Å². The summed E-state index contributed by atoms with van der Waals surface area (Å²) in [6.07, 6.45) is 3.01. The van der Waals surface area contributed by atoms with Gasteiger partial charge >= 0.3 is 5.97 Å². The highest BCUT2D eigenvalue weighted by Gasteiger charge is 2.32. The Balaban J connectivity index is 2.43. The van der Waals surface area contributed by atoms with Crippen molar-refractivity contribution in [2.24, 2.45) is 0 Å². The number of nitrogens with zero attached hydrogens (tertiary/aromatic N) is 1. The van der Waals surface area contributed by atoms with Crippen molar-refractivity contribution in [2.75, 3.05) is 17.2 Å². The number of halogens is 1. The van der Waals surface area contributed by atoms with E-state index in [9.17, 15) is 9.18 Å². The van der Waals surface area contributed by atoms with E-state index in [-0.39, 0.29) is 29.7 Å². The van der Waals surface area contributed by atoms with Gasteiger partial charge in [-0.1, -0.05) is 6.92 Å². The first-order valence-electron chi connectivity index (χ1n) is 7.54. The SMILES string of the molecule is CCOC(=O)c1cc(N2C(C)CCC2CC)c(F)cc1N. The van der Waals surface area contributed by atoms with Gasteiger partial charge in [0.15, 0.2) is 0 Å². The third-order valence-corrected chi connectivity index (χ3v) is 4.15. The van der Waals surface area contributed by atoms with Crippen LogP contribution in [-0.2, 0) is 4.74 Å². The molecule has 2 atom stereocenters. The number of carbonyl (C=O) groups is 1. The van der Waals surface area contributed by atoms with Crippen molar-refractivity contribution in [2.45, 2.75) is 52.1 Å². The highest BCUT2D eigenvalue weighted by Crippen LogP contribution is 2.35. The largest absolute Gasteiger partial charge is 0.462 e. The molecule has 21 heavy (non-hydrogen) atoms. The Bertz CT molecular complexity index is 533. The maximum atomic E-state index is 14.3. The maximum Gasteiger partial charge on any atom is 0.340 e. The minimum atomic E-state index is -0.504. The molecule has 1 fully saturated rings. The van der Waals surface area contributed by atoms with Crippen LogP contribution in [0.4, 0.5) is 15.8 Å². The third-order valence-electron chi connectivity index (χ3n) is 4.15. The number of esters is 1. The van der Waals surface area contributed by atoms with Crippen LogP contribution < -0.4 is 10.6 Å². The van der Waals surface area contributed by atoms with Crippen LogP contribution in [0.25, 0.3) is 0 Å². The lowest BCUT2D eigenvalue weighted by Gasteiger charge is -2.31. The number of ether oxygens (including phenoxy) is 1. The number of nitrogens with two attached hydrogens (primary N) is 1. The van der Waals surface area contributed by atoms with E-state index in [4.69, 9.17) is 10.5 Å². The second-order valence-corrected chi connectivity index (χ2v) is 5.51. The van der Waals surface area contributed by atoms with Gasteiger partial charge in [0.05, 0.1) is 17.9 Å². The minimum Gasteiger partial charge on any atom is -0.462 e. The van der Waals surface area contributed by atoms with Gasteiger partial charge in [-0.25, -0.2) is 9.18 Å². The van der Waals surface area contributed by atoms with E-state index in [0.29, 0.717) is 11.7 Å².